The molecule has 110 valence electrons. The van der Waals surface area contributed by atoms with Crippen molar-refractivity contribution in [2.75, 3.05) is 13.1 Å². The maximum atomic E-state index is 12.8. The maximum absolute atomic E-state index is 12.8. The molecule has 6 atom stereocenters. The van der Waals surface area contributed by atoms with Crippen molar-refractivity contribution in [1.82, 2.24) is 4.90 Å². The van der Waals surface area contributed by atoms with Crippen molar-refractivity contribution in [1.29, 1.82) is 0 Å². The van der Waals surface area contributed by atoms with Crippen LogP contribution in [-0.4, -0.2) is 45.5 Å². The van der Waals surface area contributed by atoms with Gasteiger partial charge in [-0.25, -0.2) is 0 Å². The first-order chi connectivity index (χ1) is 9.47. The summed E-state index contributed by atoms with van der Waals surface area (Å²) >= 11 is 1.90. The fourth-order valence-corrected chi connectivity index (χ4v) is 5.39. The number of fused-ring (bicyclic) bond motifs is 2. The lowest BCUT2D eigenvalue weighted by molar-refractivity contribution is -0.151. The minimum absolute atomic E-state index is 0.0560. The first kappa shape index (κ1) is 14.0. The van der Waals surface area contributed by atoms with E-state index in [9.17, 15) is 14.7 Å². The van der Waals surface area contributed by atoms with Crippen molar-refractivity contribution in [3.05, 3.63) is 12.2 Å². The van der Waals surface area contributed by atoms with Crippen LogP contribution in [0.1, 0.15) is 20.3 Å². The van der Waals surface area contributed by atoms with E-state index in [0.717, 1.165) is 19.5 Å². The molecule has 2 bridgehead atoms. The molecule has 6 unspecified atom stereocenters. The second-order valence-electron chi connectivity index (χ2n) is 6.34. The van der Waals surface area contributed by atoms with Gasteiger partial charge < -0.3 is 10.0 Å². The van der Waals surface area contributed by atoms with Crippen LogP contribution in [0.3, 0.4) is 0 Å². The molecule has 0 aromatic carbocycles. The fraction of sp³-hybridized carbons (Fsp3) is 0.733. The van der Waals surface area contributed by atoms with Crippen molar-refractivity contribution >= 4 is 23.6 Å². The number of rotatable bonds is 2. The first-order valence-electron chi connectivity index (χ1n) is 7.32. The average Bonchev–Trinajstić information content (AvgIpc) is 2.96. The number of carbonyl (C=O) groups is 2. The highest BCUT2D eigenvalue weighted by atomic mass is 32.2. The Labute approximate surface area is 123 Å². The summed E-state index contributed by atoms with van der Waals surface area (Å²) in [5, 5.41) is 10.3. The van der Waals surface area contributed by atoms with Gasteiger partial charge in [0.1, 0.15) is 0 Å². The number of carboxylic acids is 1. The van der Waals surface area contributed by atoms with Crippen LogP contribution in [0.5, 0.6) is 0 Å². The third-order valence-corrected chi connectivity index (χ3v) is 5.99. The second-order valence-corrected chi connectivity index (χ2v) is 8.22. The molecule has 0 spiro atoms. The quantitative estimate of drug-likeness (QED) is 0.790. The largest absolute Gasteiger partial charge is 0.481 e. The van der Waals surface area contributed by atoms with Crippen LogP contribution >= 0.6 is 11.8 Å². The molecule has 1 aliphatic heterocycles. The monoisotopic (exact) mass is 295 g/mol. The summed E-state index contributed by atoms with van der Waals surface area (Å²) in [5.41, 5.74) is 0. The van der Waals surface area contributed by atoms with Crippen molar-refractivity contribution in [2.45, 2.75) is 30.8 Å². The molecule has 0 radical (unpaired) electrons. The molecule has 0 aromatic heterocycles. The molecule has 0 aromatic rings. The number of carboxylic acid groups (broad SMARTS) is 1. The molecule has 3 rings (SSSR count). The Morgan fingerprint density at radius 1 is 1.10 bits per heavy atom. The summed E-state index contributed by atoms with van der Waals surface area (Å²) in [4.78, 5) is 26.2. The molecule has 2 aliphatic carbocycles. The van der Waals surface area contributed by atoms with Crippen molar-refractivity contribution in [3.8, 4) is 0 Å². The minimum Gasteiger partial charge on any atom is -0.481 e. The number of nitrogens with zero attached hydrogens (tertiary/aromatic N) is 1. The molecule has 3 aliphatic rings. The topological polar surface area (TPSA) is 57.6 Å². The fourth-order valence-electron chi connectivity index (χ4n) is 4.06. The summed E-state index contributed by atoms with van der Waals surface area (Å²) in [5.74, 6) is -1.42. The molecule has 20 heavy (non-hydrogen) atoms. The van der Waals surface area contributed by atoms with Crippen LogP contribution in [-0.2, 0) is 9.59 Å². The van der Waals surface area contributed by atoms with Gasteiger partial charge in [0.25, 0.3) is 0 Å². The molecule has 2 fully saturated rings. The van der Waals surface area contributed by atoms with Gasteiger partial charge in [0, 0.05) is 23.6 Å². The molecule has 1 saturated heterocycles. The summed E-state index contributed by atoms with van der Waals surface area (Å²) in [6.07, 6.45) is 4.88. The summed E-state index contributed by atoms with van der Waals surface area (Å²) in [6, 6.07) is 0. The van der Waals surface area contributed by atoms with Gasteiger partial charge >= 0.3 is 5.97 Å². The Morgan fingerprint density at radius 2 is 1.65 bits per heavy atom. The molecule has 5 heteroatoms. The number of carbonyl (C=O) groups excluding carboxylic acids is 1. The molecule has 4 nitrogen and oxygen atoms in total. The highest BCUT2D eigenvalue weighted by Gasteiger charge is 2.52. The SMILES string of the molecule is CC1CN(C(=O)C2C3C=CC(C3)C2C(=O)O)CC(C)S1. The third-order valence-electron chi connectivity index (χ3n) is 4.76. The van der Waals surface area contributed by atoms with Gasteiger partial charge in [0.05, 0.1) is 11.8 Å². The summed E-state index contributed by atoms with van der Waals surface area (Å²) in [6.45, 7) is 5.77. The number of amides is 1. The van der Waals surface area contributed by atoms with Gasteiger partial charge in [0.2, 0.25) is 5.91 Å². The molecular formula is C15H21NO3S. The summed E-state index contributed by atoms with van der Waals surface area (Å²) in [7, 11) is 0. The Morgan fingerprint density at radius 3 is 2.20 bits per heavy atom. The molecule has 1 N–H and O–H groups in total. The lowest BCUT2D eigenvalue weighted by Gasteiger charge is -2.38. The van der Waals surface area contributed by atoms with Gasteiger partial charge in [-0.3, -0.25) is 9.59 Å². The maximum Gasteiger partial charge on any atom is 0.307 e. The van der Waals surface area contributed by atoms with Crippen molar-refractivity contribution < 1.29 is 14.7 Å². The van der Waals surface area contributed by atoms with E-state index in [1.165, 1.54) is 0 Å². The van der Waals surface area contributed by atoms with E-state index in [2.05, 4.69) is 19.9 Å². The number of thioether (sulfide) groups is 1. The van der Waals surface area contributed by atoms with E-state index in [0.29, 0.717) is 10.5 Å². The van der Waals surface area contributed by atoms with E-state index in [-0.39, 0.29) is 23.7 Å². The van der Waals surface area contributed by atoms with E-state index < -0.39 is 11.9 Å². The normalized spacial score (nSPS) is 43.0. The van der Waals surface area contributed by atoms with E-state index >= 15 is 0 Å². The number of aliphatic carboxylic acids is 1. The van der Waals surface area contributed by atoms with E-state index in [4.69, 9.17) is 0 Å². The summed E-state index contributed by atoms with van der Waals surface area (Å²) < 4.78 is 0. The highest BCUT2D eigenvalue weighted by Crippen LogP contribution is 2.49. The van der Waals surface area contributed by atoms with Gasteiger partial charge in [-0.2, -0.15) is 11.8 Å². The lowest BCUT2D eigenvalue weighted by Crippen LogP contribution is -2.49. The smallest absolute Gasteiger partial charge is 0.307 e. The van der Waals surface area contributed by atoms with Gasteiger partial charge in [-0.15, -0.1) is 0 Å². The van der Waals surface area contributed by atoms with Crippen LogP contribution < -0.4 is 0 Å². The van der Waals surface area contributed by atoms with Crippen LogP contribution in [0.25, 0.3) is 0 Å². The third kappa shape index (κ3) is 2.26. The molecule has 1 saturated carbocycles. The van der Waals surface area contributed by atoms with E-state index in [1.807, 2.05) is 22.7 Å². The number of allylic oxidation sites excluding steroid dienone is 2. The predicted octanol–water partition coefficient (Wildman–Crippen LogP) is 1.86. The Kier molecular flexibility index (Phi) is 3.56. The van der Waals surface area contributed by atoms with Crippen LogP contribution in [0.4, 0.5) is 0 Å². The van der Waals surface area contributed by atoms with Crippen molar-refractivity contribution in [2.24, 2.45) is 23.7 Å². The van der Waals surface area contributed by atoms with Gasteiger partial charge in [0.15, 0.2) is 0 Å². The molecule has 1 heterocycles. The van der Waals surface area contributed by atoms with Crippen LogP contribution in [0, 0.1) is 23.7 Å². The number of hydrogen-bond donors (Lipinski definition) is 1. The van der Waals surface area contributed by atoms with Gasteiger partial charge in [-0.1, -0.05) is 26.0 Å². The number of hydrogen-bond acceptors (Lipinski definition) is 3. The van der Waals surface area contributed by atoms with E-state index in [1.54, 1.807) is 0 Å². The zero-order valence-electron chi connectivity index (χ0n) is 11.9. The molecule has 1 amide bonds. The second kappa shape index (κ2) is 5.10. The van der Waals surface area contributed by atoms with Crippen LogP contribution in [0.2, 0.25) is 0 Å². The predicted molar refractivity (Wildman–Crippen MR) is 78.4 cm³/mol. The Bertz CT molecular complexity index is 454. The van der Waals surface area contributed by atoms with Crippen molar-refractivity contribution in [3.63, 3.8) is 0 Å². The Balaban J connectivity index is 1.79. The average molecular weight is 295 g/mol. The van der Waals surface area contributed by atoms with Gasteiger partial charge in [-0.05, 0) is 18.3 Å². The van der Waals surface area contributed by atoms with Crippen LogP contribution in [0.15, 0.2) is 12.2 Å². The minimum atomic E-state index is -0.812. The zero-order valence-corrected chi connectivity index (χ0v) is 12.7. The zero-order chi connectivity index (χ0) is 14.4. The Hall–Kier alpha value is -0.970. The molecular weight excluding hydrogens is 274 g/mol. The standard InChI is InChI=1S/C15H21NO3S/c1-8-6-16(7-9(2)20-8)14(17)12-10-3-4-11(5-10)13(12)15(18)19/h3-4,8-13H,5-7H2,1-2H3,(H,18,19). The lowest BCUT2D eigenvalue weighted by atomic mass is 9.82. The highest BCUT2D eigenvalue weighted by molar-refractivity contribution is 8.00. The first-order valence-corrected chi connectivity index (χ1v) is 8.27.